The van der Waals surface area contributed by atoms with Crippen molar-refractivity contribution in [3.8, 4) is 56.2 Å². The Morgan fingerprint density at radius 1 is 0.469 bits per heavy atom. The van der Waals surface area contributed by atoms with Crippen molar-refractivity contribution in [1.82, 2.24) is 19.1 Å². The van der Waals surface area contributed by atoms with Gasteiger partial charge in [0.1, 0.15) is 11.2 Å². The topological polar surface area (TPSA) is 65.8 Å². The Labute approximate surface area is 282 Å². The normalized spacial score (nSPS) is 11.6. The van der Waals surface area contributed by atoms with E-state index in [-0.39, 0.29) is 5.69 Å². The predicted octanol–water partition coefficient (Wildman–Crippen LogP) is 9.90. The first-order valence-corrected chi connectivity index (χ1v) is 16.2. The molecule has 0 amide bonds. The van der Waals surface area contributed by atoms with Gasteiger partial charge in [-0.05, 0) is 58.7 Å². The van der Waals surface area contributed by atoms with E-state index >= 15 is 0 Å². The molecule has 0 saturated heterocycles. The molecular weight excluding hydrogens is 604 g/mol. The van der Waals surface area contributed by atoms with Crippen molar-refractivity contribution in [2.45, 2.75) is 0 Å². The lowest BCUT2D eigenvalue weighted by Crippen LogP contribution is -2.19. The van der Waals surface area contributed by atoms with Gasteiger partial charge in [0, 0.05) is 41.6 Å². The molecule has 0 unspecified atom stereocenters. The minimum absolute atomic E-state index is 0.0343. The average Bonchev–Trinajstić information content (AvgIpc) is 3.64. The van der Waals surface area contributed by atoms with E-state index in [1.807, 2.05) is 61.6 Å². The van der Waals surface area contributed by atoms with Gasteiger partial charge in [0.25, 0.3) is 0 Å². The highest BCUT2D eigenvalue weighted by molar-refractivity contribution is 6.06. The SMILES string of the molecule is Cn1c(=O)n(C)c2cc(-c3ccc(-c4cc(-c5ccccc5-c5ccc6c(c5)oc5ccccc56)nc(-c5ccccc5)n4)cc3)ccc21. The molecule has 3 aromatic heterocycles. The first-order valence-electron chi connectivity index (χ1n) is 16.2. The van der Waals surface area contributed by atoms with Gasteiger partial charge in [-0.15, -0.1) is 0 Å². The molecule has 9 rings (SSSR count). The van der Waals surface area contributed by atoms with Gasteiger partial charge < -0.3 is 4.42 Å². The zero-order valence-electron chi connectivity index (χ0n) is 27.0. The van der Waals surface area contributed by atoms with Crippen LogP contribution in [0.5, 0.6) is 0 Å². The number of aromatic nitrogens is 4. The summed E-state index contributed by atoms with van der Waals surface area (Å²) in [6, 6.07) is 49.7. The summed E-state index contributed by atoms with van der Waals surface area (Å²) in [6.07, 6.45) is 0. The van der Waals surface area contributed by atoms with E-state index in [1.54, 1.807) is 16.2 Å². The van der Waals surface area contributed by atoms with Crippen LogP contribution in [0.1, 0.15) is 0 Å². The van der Waals surface area contributed by atoms with Gasteiger partial charge in [-0.25, -0.2) is 14.8 Å². The van der Waals surface area contributed by atoms with Gasteiger partial charge in [-0.3, -0.25) is 9.13 Å². The summed E-state index contributed by atoms with van der Waals surface area (Å²) in [6.45, 7) is 0. The Balaban J connectivity index is 1.15. The molecule has 234 valence electrons. The Kier molecular flexibility index (Phi) is 6.62. The molecule has 6 aromatic carbocycles. The van der Waals surface area contributed by atoms with Crippen LogP contribution in [0.4, 0.5) is 0 Å². The number of imidazole rings is 1. The van der Waals surface area contributed by atoms with Crippen LogP contribution in [-0.2, 0) is 14.1 Å². The molecular formula is C43H30N4O2. The van der Waals surface area contributed by atoms with Crippen molar-refractivity contribution in [3.63, 3.8) is 0 Å². The first-order chi connectivity index (χ1) is 24.0. The highest BCUT2D eigenvalue weighted by Crippen LogP contribution is 2.37. The van der Waals surface area contributed by atoms with Crippen molar-refractivity contribution < 1.29 is 4.42 Å². The van der Waals surface area contributed by atoms with E-state index in [2.05, 4.69) is 91.0 Å². The number of benzene rings is 6. The second-order valence-electron chi connectivity index (χ2n) is 12.4. The second-order valence-corrected chi connectivity index (χ2v) is 12.4. The van der Waals surface area contributed by atoms with Gasteiger partial charge in [-0.2, -0.15) is 0 Å². The van der Waals surface area contributed by atoms with Crippen LogP contribution in [0.3, 0.4) is 0 Å². The van der Waals surface area contributed by atoms with E-state index in [1.165, 1.54) is 0 Å². The summed E-state index contributed by atoms with van der Waals surface area (Å²) in [4.78, 5) is 22.7. The standard InChI is InChI=1S/C43H30N4O2/c1-46-38-23-21-30(24-39(38)47(2)43(46)48)27-16-18-28(19-17-27)36-26-37(45-42(44-36)29-10-4-3-5-11-29)33-13-7-6-12-32(33)31-20-22-35-34-14-8-9-15-40(34)49-41(35)25-31/h3-26H,1-2H3. The zero-order chi connectivity index (χ0) is 33.1. The summed E-state index contributed by atoms with van der Waals surface area (Å²) >= 11 is 0. The molecule has 6 nitrogen and oxygen atoms in total. The number of rotatable bonds is 5. The molecule has 6 heteroatoms. The minimum Gasteiger partial charge on any atom is -0.456 e. The molecule has 0 atom stereocenters. The summed E-state index contributed by atoms with van der Waals surface area (Å²) < 4.78 is 9.61. The maximum atomic E-state index is 12.5. The lowest BCUT2D eigenvalue weighted by molar-refractivity contribution is 0.669. The van der Waals surface area contributed by atoms with Crippen LogP contribution in [0.25, 0.3) is 89.1 Å². The Morgan fingerprint density at radius 2 is 1.10 bits per heavy atom. The fourth-order valence-electron chi connectivity index (χ4n) is 6.82. The number of furan rings is 1. The van der Waals surface area contributed by atoms with Crippen molar-refractivity contribution >= 4 is 33.0 Å². The third kappa shape index (κ3) is 4.85. The summed E-state index contributed by atoms with van der Waals surface area (Å²) in [5.41, 5.74) is 12.4. The van der Waals surface area contributed by atoms with Crippen LogP contribution in [-0.4, -0.2) is 19.1 Å². The van der Waals surface area contributed by atoms with E-state index in [9.17, 15) is 4.79 Å². The summed E-state index contributed by atoms with van der Waals surface area (Å²) in [7, 11) is 3.61. The maximum absolute atomic E-state index is 12.5. The first kappa shape index (κ1) is 28.7. The minimum atomic E-state index is -0.0343. The zero-order valence-corrected chi connectivity index (χ0v) is 27.0. The smallest absolute Gasteiger partial charge is 0.328 e. The molecule has 0 radical (unpaired) electrons. The fraction of sp³-hybridized carbons (Fsp3) is 0.0465. The largest absolute Gasteiger partial charge is 0.456 e. The van der Waals surface area contributed by atoms with E-state index in [4.69, 9.17) is 14.4 Å². The maximum Gasteiger partial charge on any atom is 0.328 e. The Morgan fingerprint density at radius 3 is 1.94 bits per heavy atom. The van der Waals surface area contributed by atoms with Gasteiger partial charge in [0.15, 0.2) is 5.82 Å². The molecule has 0 N–H and O–H groups in total. The monoisotopic (exact) mass is 634 g/mol. The molecule has 0 aliphatic carbocycles. The number of aryl methyl sites for hydroxylation is 2. The van der Waals surface area contributed by atoms with E-state index in [0.29, 0.717) is 5.82 Å². The third-order valence-electron chi connectivity index (χ3n) is 9.44. The number of hydrogen-bond donors (Lipinski definition) is 0. The van der Waals surface area contributed by atoms with E-state index < -0.39 is 0 Å². The molecule has 0 aliphatic heterocycles. The van der Waals surface area contributed by atoms with Gasteiger partial charge in [0.05, 0.1) is 22.4 Å². The Bertz CT molecular complexity index is 2750. The summed E-state index contributed by atoms with van der Waals surface area (Å²) in [5, 5.41) is 2.21. The van der Waals surface area contributed by atoms with Crippen LogP contribution in [0.15, 0.2) is 155 Å². The molecule has 0 fully saturated rings. The van der Waals surface area contributed by atoms with Crippen LogP contribution in [0, 0.1) is 0 Å². The molecule has 49 heavy (non-hydrogen) atoms. The Hall–Kier alpha value is -6.53. The number of para-hydroxylation sites is 1. The quantitative estimate of drug-likeness (QED) is 0.189. The molecule has 0 spiro atoms. The van der Waals surface area contributed by atoms with E-state index in [0.717, 1.165) is 83.3 Å². The third-order valence-corrected chi connectivity index (χ3v) is 9.44. The highest BCUT2D eigenvalue weighted by atomic mass is 16.3. The summed E-state index contributed by atoms with van der Waals surface area (Å²) in [5.74, 6) is 0.662. The van der Waals surface area contributed by atoms with Gasteiger partial charge in [0.2, 0.25) is 0 Å². The predicted molar refractivity (Wildman–Crippen MR) is 198 cm³/mol. The number of nitrogens with zero attached hydrogens (tertiary/aromatic N) is 4. The fourth-order valence-corrected chi connectivity index (χ4v) is 6.82. The lowest BCUT2D eigenvalue weighted by Gasteiger charge is -2.13. The van der Waals surface area contributed by atoms with Crippen molar-refractivity contribution in [2.75, 3.05) is 0 Å². The molecule has 3 heterocycles. The van der Waals surface area contributed by atoms with Crippen LogP contribution in [0.2, 0.25) is 0 Å². The van der Waals surface area contributed by atoms with Crippen LogP contribution < -0.4 is 5.69 Å². The highest BCUT2D eigenvalue weighted by Gasteiger charge is 2.16. The molecule has 9 aromatic rings. The van der Waals surface area contributed by atoms with Crippen molar-refractivity contribution in [2.24, 2.45) is 14.1 Å². The number of fused-ring (bicyclic) bond motifs is 4. The van der Waals surface area contributed by atoms with Crippen molar-refractivity contribution in [3.05, 3.63) is 156 Å². The molecule has 0 aliphatic rings. The molecule has 0 saturated carbocycles. The van der Waals surface area contributed by atoms with Gasteiger partial charge in [-0.1, -0.05) is 109 Å². The van der Waals surface area contributed by atoms with Crippen LogP contribution >= 0.6 is 0 Å². The number of hydrogen-bond acceptors (Lipinski definition) is 4. The van der Waals surface area contributed by atoms with Crippen molar-refractivity contribution in [1.29, 1.82) is 0 Å². The lowest BCUT2D eigenvalue weighted by atomic mass is 9.95. The second kappa shape index (κ2) is 11.3. The average molecular weight is 635 g/mol. The van der Waals surface area contributed by atoms with Gasteiger partial charge >= 0.3 is 5.69 Å². The molecule has 0 bridgehead atoms.